The number of aryl methyl sites for hydroxylation is 1. The van der Waals surface area contributed by atoms with E-state index < -0.39 is 0 Å². The molecular formula is C14H22O2. The van der Waals surface area contributed by atoms with Crippen LogP contribution in [-0.4, -0.2) is 16.3 Å². The van der Waals surface area contributed by atoms with Gasteiger partial charge >= 0.3 is 0 Å². The van der Waals surface area contributed by atoms with Crippen LogP contribution in [0.1, 0.15) is 39.2 Å². The molecule has 0 spiro atoms. The molecule has 0 bridgehead atoms. The number of hydrogen-bond acceptors (Lipinski definition) is 2. The van der Waals surface area contributed by atoms with Crippen LogP contribution < -0.4 is 0 Å². The first kappa shape index (κ1) is 13.0. The van der Waals surface area contributed by atoms with Crippen LogP contribution in [0.3, 0.4) is 0 Å². The summed E-state index contributed by atoms with van der Waals surface area (Å²) >= 11 is 0. The normalized spacial score (nSPS) is 13.8. The highest BCUT2D eigenvalue weighted by Crippen LogP contribution is 2.23. The maximum atomic E-state index is 9.87. The van der Waals surface area contributed by atoms with E-state index in [-0.39, 0.29) is 11.5 Å². The molecule has 0 heterocycles. The molecule has 16 heavy (non-hydrogen) atoms. The molecule has 1 aromatic carbocycles. The zero-order valence-corrected chi connectivity index (χ0v) is 10.4. The maximum Gasteiger partial charge on any atom is 0.115 e. The number of phenolic OH excluding ortho intramolecular Hbond substituents is 1. The van der Waals surface area contributed by atoms with Crippen LogP contribution >= 0.6 is 0 Å². The van der Waals surface area contributed by atoms with E-state index in [9.17, 15) is 5.11 Å². The van der Waals surface area contributed by atoms with Crippen molar-refractivity contribution in [1.29, 1.82) is 0 Å². The van der Waals surface area contributed by atoms with Gasteiger partial charge in [0.25, 0.3) is 0 Å². The molecule has 0 aliphatic rings. The molecule has 1 aromatic rings. The molecule has 1 atom stereocenters. The van der Waals surface area contributed by atoms with Crippen molar-refractivity contribution < 1.29 is 10.2 Å². The van der Waals surface area contributed by atoms with Crippen LogP contribution in [-0.2, 0) is 6.42 Å². The first-order valence-corrected chi connectivity index (χ1v) is 5.85. The third-order valence-corrected chi connectivity index (χ3v) is 2.88. The fourth-order valence-electron chi connectivity index (χ4n) is 1.60. The molecule has 90 valence electrons. The van der Waals surface area contributed by atoms with Crippen molar-refractivity contribution in [2.45, 2.75) is 46.1 Å². The minimum atomic E-state index is -0.246. The Hall–Kier alpha value is -1.02. The van der Waals surface area contributed by atoms with Gasteiger partial charge in [-0.2, -0.15) is 0 Å². The van der Waals surface area contributed by atoms with E-state index in [1.54, 1.807) is 12.1 Å². The second-order valence-electron chi connectivity index (χ2n) is 5.44. The molecule has 2 N–H and O–H groups in total. The Balaban J connectivity index is 2.33. The highest BCUT2D eigenvalue weighted by Gasteiger charge is 2.21. The van der Waals surface area contributed by atoms with Crippen molar-refractivity contribution in [3.05, 3.63) is 29.8 Å². The van der Waals surface area contributed by atoms with Crippen LogP contribution in [0.15, 0.2) is 24.3 Å². The smallest absolute Gasteiger partial charge is 0.115 e. The molecule has 0 fully saturated rings. The summed E-state index contributed by atoms with van der Waals surface area (Å²) in [6.45, 7) is 6.16. The quantitative estimate of drug-likeness (QED) is 0.821. The van der Waals surface area contributed by atoms with Crippen molar-refractivity contribution in [3.8, 4) is 5.75 Å². The highest BCUT2D eigenvalue weighted by molar-refractivity contribution is 5.25. The lowest BCUT2D eigenvalue weighted by molar-refractivity contribution is 0.0540. The van der Waals surface area contributed by atoms with Gasteiger partial charge in [0.2, 0.25) is 0 Å². The summed E-state index contributed by atoms with van der Waals surface area (Å²) < 4.78 is 0. The van der Waals surface area contributed by atoms with Crippen LogP contribution in [0, 0.1) is 5.41 Å². The summed E-state index contributed by atoms with van der Waals surface area (Å²) in [6.07, 6.45) is 2.51. The zero-order chi connectivity index (χ0) is 12.2. The van der Waals surface area contributed by atoms with Gasteiger partial charge < -0.3 is 10.2 Å². The highest BCUT2D eigenvalue weighted by atomic mass is 16.3. The Labute approximate surface area is 97.9 Å². The maximum absolute atomic E-state index is 9.87. The number of phenols is 1. The summed E-state index contributed by atoms with van der Waals surface area (Å²) in [4.78, 5) is 0. The van der Waals surface area contributed by atoms with E-state index in [2.05, 4.69) is 20.8 Å². The van der Waals surface area contributed by atoms with Crippen molar-refractivity contribution in [2.75, 3.05) is 0 Å². The molecule has 0 saturated heterocycles. The van der Waals surface area contributed by atoms with E-state index in [0.717, 1.165) is 19.3 Å². The molecular weight excluding hydrogens is 200 g/mol. The summed E-state index contributed by atoms with van der Waals surface area (Å²) in [5.74, 6) is 0.304. The van der Waals surface area contributed by atoms with Crippen LogP contribution in [0.2, 0.25) is 0 Å². The molecule has 0 aliphatic heterocycles. The number of aliphatic hydroxyl groups is 1. The average Bonchev–Trinajstić information content (AvgIpc) is 2.19. The SMILES string of the molecule is CC(C)(C)C(O)CCCc1ccc(O)cc1. The second kappa shape index (κ2) is 5.35. The first-order chi connectivity index (χ1) is 7.39. The van der Waals surface area contributed by atoms with Gasteiger partial charge in [0.1, 0.15) is 5.75 Å². The van der Waals surface area contributed by atoms with E-state index >= 15 is 0 Å². The van der Waals surface area contributed by atoms with Crippen LogP contribution in [0.5, 0.6) is 5.75 Å². The van der Waals surface area contributed by atoms with Gasteiger partial charge in [0, 0.05) is 0 Å². The standard InChI is InChI=1S/C14H22O2/c1-14(2,3)13(16)6-4-5-11-7-9-12(15)10-8-11/h7-10,13,15-16H,4-6H2,1-3H3. The number of benzene rings is 1. The molecule has 0 amide bonds. The fourth-order valence-corrected chi connectivity index (χ4v) is 1.60. The van der Waals surface area contributed by atoms with Crippen molar-refractivity contribution in [2.24, 2.45) is 5.41 Å². The molecule has 0 aromatic heterocycles. The van der Waals surface area contributed by atoms with Crippen molar-refractivity contribution >= 4 is 0 Å². The molecule has 2 heteroatoms. The monoisotopic (exact) mass is 222 g/mol. The van der Waals surface area contributed by atoms with Gasteiger partial charge in [-0.05, 0) is 42.4 Å². The minimum Gasteiger partial charge on any atom is -0.508 e. The predicted molar refractivity (Wildman–Crippen MR) is 66.5 cm³/mol. The Morgan fingerprint density at radius 1 is 1.12 bits per heavy atom. The van der Waals surface area contributed by atoms with Crippen molar-refractivity contribution in [1.82, 2.24) is 0 Å². The largest absolute Gasteiger partial charge is 0.508 e. The summed E-state index contributed by atoms with van der Waals surface area (Å²) in [5.41, 5.74) is 1.17. The lowest BCUT2D eigenvalue weighted by Crippen LogP contribution is -2.25. The Kier molecular flexibility index (Phi) is 4.36. The van der Waals surface area contributed by atoms with Gasteiger partial charge in [-0.3, -0.25) is 0 Å². The van der Waals surface area contributed by atoms with Gasteiger partial charge in [-0.1, -0.05) is 32.9 Å². The average molecular weight is 222 g/mol. The van der Waals surface area contributed by atoms with Crippen molar-refractivity contribution in [3.63, 3.8) is 0 Å². The zero-order valence-electron chi connectivity index (χ0n) is 10.4. The Morgan fingerprint density at radius 2 is 1.69 bits per heavy atom. The topological polar surface area (TPSA) is 40.5 Å². The van der Waals surface area contributed by atoms with Gasteiger partial charge in [0.05, 0.1) is 6.10 Å². The van der Waals surface area contributed by atoms with Crippen LogP contribution in [0.25, 0.3) is 0 Å². The molecule has 1 rings (SSSR count). The third-order valence-electron chi connectivity index (χ3n) is 2.88. The van der Waals surface area contributed by atoms with E-state index in [4.69, 9.17) is 5.11 Å². The predicted octanol–water partition coefficient (Wildman–Crippen LogP) is 3.12. The lowest BCUT2D eigenvalue weighted by Gasteiger charge is -2.25. The van der Waals surface area contributed by atoms with E-state index in [1.807, 2.05) is 12.1 Å². The second-order valence-corrected chi connectivity index (χ2v) is 5.44. The Morgan fingerprint density at radius 3 is 2.19 bits per heavy atom. The number of aromatic hydroxyl groups is 1. The Bertz CT molecular complexity index is 309. The molecule has 1 unspecified atom stereocenters. The number of rotatable bonds is 4. The lowest BCUT2D eigenvalue weighted by atomic mass is 9.86. The van der Waals surface area contributed by atoms with E-state index in [1.165, 1.54) is 5.56 Å². The summed E-state index contributed by atoms with van der Waals surface area (Å²) in [5, 5.41) is 19.0. The molecule has 0 radical (unpaired) electrons. The molecule has 0 aliphatic carbocycles. The minimum absolute atomic E-state index is 0.0328. The molecule has 0 saturated carbocycles. The summed E-state index contributed by atoms with van der Waals surface area (Å²) in [7, 11) is 0. The van der Waals surface area contributed by atoms with Gasteiger partial charge in [-0.15, -0.1) is 0 Å². The fraction of sp³-hybridized carbons (Fsp3) is 0.571. The van der Waals surface area contributed by atoms with E-state index in [0.29, 0.717) is 5.75 Å². The first-order valence-electron chi connectivity index (χ1n) is 5.85. The van der Waals surface area contributed by atoms with Gasteiger partial charge in [-0.25, -0.2) is 0 Å². The third kappa shape index (κ3) is 4.23. The number of hydrogen-bond donors (Lipinski definition) is 2. The van der Waals surface area contributed by atoms with Crippen LogP contribution in [0.4, 0.5) is 0 Å². The molecule has 2 nitrogen and oxygen atoms in total. The van der Waals surface area contributed by atoms with Gasteiger partial charge in [0.15, 0.2) is 0 Å². The number of aliphatic hydroxyl groups excluding tert-OH is 1. The summed E-state index contributed by atoms with van der Waals surface area (Å²) in [6, 6.07) is 7.27.